The van der Waals surface area contributed by atoms with E-state index in [0.29, 0.717) is 10.7 Å². The molecule has 156 valence electrons. The zero-order valence-corrected chi connectivity index (χ0v) is 18.1. The highest BCUT2D eigenvalue weighted by molar-refractivity contribution is 8.18. The highest BCUT2D eigenvalue weighted by Crippen LogP contribution is 2.32. The minimum atomic E-state index is -0.196. The number of hydrogen-bond acceptors (Lipinski definition) is 5. The molecule has 6 heteroatoms. The van der Waals surface area contributed by atoms with E-state index in [4.69, 9.17) is 4.42 Å². The first kappa shape index (κ1) is 19.7. The zero-order valence-electron chi connectivity index (χ0n) is 17.3. The van der Waals surface area contributed by atoms with Gasteiger partial charge in [0.25, 0.3) is 5.91 Å². The van der Waals surface area contributed by atoms with Crippen LogP contribution in [0.3, 0.4) is 0 Å². The number of aryl methyl sites for hydroxylation is 1. The lowest BCUT2D eigenvalue weighted by Crippen LogP contribution is -2.47. The molecular formula is C25H23N3O2S. The smallest absolute Gasteiger partial charge is 0.286 e. The molecule has 1 amide bonds. The highest BCUT2D eigenvalue weighted by atomic mass is 32.2. The van der Waals surface area contributed by atoms with Gasteiger partial charge in [0.1, 0.15) is 11.5 Å². The Morgan fingerprint density at radius 2 is 1.61 bits per heavy atom. The van der Waals surface area contributed by atoms with Crippen molar-refractivity contribution in [1.82, 2.24) is 4.90 Å². The summed E-state index contributed by atoms with van der Waals surface area (Å²) in [6.07, 6.45) is 1.79. The molecule has 1 aromatic heterocycles. The molecule has 5 rings (SSSR count). The van der Waals surface area contributed by atoms with E-state index >= 15 is 0 Å². The Hall–Kier alpha value is -3.25. The summed E-state index contributed by atoms with van der Waals surface area (Å²) in [5.41, 5.74) is 3.47. The third-order valence-corrected chi connectivity index (χ3v) is 6.56. The maximum atomic E-state index is 12.5. The molecule has 0 unspecified atom stereocenters. The van der Waals surface area contributed by atoms with Gasteiger partial charge in [0.05, 0.1) is 4.91 Å². The van der Waals surface area contributed by atoms with E-state index in [-0.39, 0.29) is 5.91 Å². The van der Waals surface area contributed by atoms with Gasteiger partial charge < -0.3 is 14.2 Å². The zero-order chi connectivity index (χ0) is 21.2. The standard InChI is InChI=1S/C25H23N3O2S/c1-18-7-9-19(10-8-18)22-12-11-21(30-22)17-23-24(29)26-25(31-23)28-15-13-27(14-16-28)20-5-3-2-4-6-20/h2-12,17H,13-16H2,1H3. The van der Waals surface area contributed by atoms with Gasteiger partial charge in [-0.1, -0.05) is 48.0 Å². The van der Waals surface area contributed by atoms with Crippen LogP contribution in [0.4, 0.5) is 5.69 Å². The van der Waals surface area contributed by atoms with Gasteiger partial charge in [-0.15, -0.1) is 0 Å². The van der Waals surface area contributed by atoms with Crippen LogP contribution < -0.4 is 4.90 Å². The van der Waals surface area contributed by atoms with E-state index in [2.05, 4.69) is 58.1 Å². The summed E-state index contributed by atoms with van der Waals surface area (Å²) >= 11 is 1.43. The molecule has 0 bridgehead atoms. The third kappa shape index (κ3) is 4.30. The summed E-state index contributed by atoms with van der Waals surface area (Å²) in [6.45, 7) is 5.58. The fourth-order valence-corrected chi connectivity index (χ4v) is 4.71. The number of piperazine rings is 1. The first-order valence-corrected chi connectivity index (χ1v) is 11.2. The normalized spacial score (nSPS) is 18.0. The number of thioether (sulfide) groups is 1. The van der Waals surface area contributed by atoms with Crippen LogP contribution in [0.15, 0.2) is 81.0 Å². The molecule has 1 fully saturated rings. The third-order valence-electron chi connectivity index (χ3n) is 5.52. The number of para-hydroxylation sites is 1. The van der Waals surface area contributed by atoms with Crippen molar-refractivity contribution in [3.63, 3.8) is 0 Å². The van der Waals surface area contributed by atoms with Gasteiger partial charge in [-0.05, 0) is 43.0 Å². The number of carbonyl (C=O) groups is 1. The quantitative estimate of drug-likeness (QED) is 0.546. The number of rotatable bonds is 3. The minimum Gasteiger partial charge on any atom is -0.457 e. The maximum Gasteiger partial charge on any atom is 0.286 e. The van der Waals surface area contributed by atoms with Crippen molar-refractivity contribution in [2.45, 2.75) is 6.92 Å². The lowest BCUT2D eigenvalue weighted by atomic mass is 10.1. The van der Waals surface area contributed by atoms with E-state index < -0.39 is 0 Å². The van der Waals surface area contributed by atoms with Crippen LogP contribution in [-0.4, -0.2) is 42.2 Å². The number of furan rings is 1. The predicted octanol–water partition coefficient (Wildman–Crippen LogP) is 5.05. The van der Waals surface area contributed by atoms with Crippen LogP contribution in [0.5, 0.6) is 0 Å². The number of carbonyl (C=O) groups excluding carboxylic acids is 1. The Kier molecular flexibility index (Phi) is 5.38. The minimum absolute atomic E-state index is 0.196. The molecular weight excluding hydrogens is 406 g/mol. The molecule has 0 aliphatic carbocycles. The Morgan fingerprint density at radius 1 is 0.903 bits per heavy atom. The molecule has 0 atom stereocenters. The van der Waals surface area contributed by atoms with Gasteiger partial charge >= 0.3 is 0 Å². The fraction of sp³-hybridized carbons (Fsp3) is 0.200. The second kappa shape index (κ2) is 8.47. The van der Waals surface area contributed by atoms with Crippen LogP contribution in [0.2, 0.25) is 0 Å². The van der Waals surface area contributed by atoms with Crippen molar-refractivity contribution in [3.8, 4) is 11.3 Å². The van der Waals surface area contributed by atoms with E-state index in [1.807, 2.05) is 30.3 Å². The highest BCUT2D eigenvalue weighted by Gasteiger charge is 2.28. The van der Waals surface area contributed by atoms with Gasteiger partial charge in [-0.3, -0.25) is 4.79 Å². The number of amidine groups is 1. The molecule has 1 saturated heterocycles. The Morgan fingerprint density at radius 3 is 2.35 bits per heavy atom. The number of anilines is 1. The van der Waals surface area contributed by atoms with E-state index in [1.165, 1.54) is 23.0 Å². The number of amides is 1. The molecule has 0 N–H and O–H groups in total. The van der Waals surface area contributed by atoms with Crippen molar-refractivity contribution in [3.05, 3.63) is 83.0 Å². The molecule has 2 aliphatic rings. The van der Waals surface area contributed by atoms with Crippen molar-refractivity contribution in [1.29, 1.82) is 0 Å². The van der Waals surface area contributed by atoms with E-state index in [0.717, 1.165) is 42.7 Å². The molecule has 0 spiro atoms. The van der Waals surface area contributed by atoms with Crippen LogP contribution >= 0.6 is 11.8 Å². The number of hydrogen-bond donors (Lipinski definition) is 0. The summed E-state index contributed by atoms with van der Waals surface area (Å²) in [7, 11) is 0. The second-order valence-electron chi connectivity index (χ2n) is 7.69. The van der Waals surface area contributed by atoms with Gasteiger partial charge in [0.2, 0.25) is 0 Å². The van der Waals surface area contributed by atoms with Crippen molar-refractivity contribution < 1.29 is 9.21 Å². The van der Waals surface area contributed by atoms with E-state index in [1.54, 1.807) is 6.08 Å². The van der Waals surface area contributed by atoms with Gasteiger partial charge in [-0.25, -0.2) is 0 Å². The molecule has 0 radical (unpaired) electrons. The molecule has 2 aliphatic heterocycles. The van der Waals surface area contributed by atoms with Gasteiger partial charge in [0, 0.05) is 43.5 Å². The van der Waals surface area contributed by atoms with Crippen LogP contribution in [0.25, 0.3) is 17.4 Å². The molecule has 31 heavy (non-hydrogen) atoms. The Balaban J connectivity index is 1.23. The lowest BCUT2D eigenvalue weighted by molar-refractivity contribution is -0.113. The lowest BCUT2D eigenvalue weighted by Gasteiger charge is -2.36. The molecule has 5 nitrogen and oxygen atoms in total. The van der Waals surface area contributed by atoms with Crippen molar-refractivity contribution >= 4 is 34.6 Å². The first-order valence-electron chi connectivity index (χ1n) is 10.4. The monoisotopic (exact) mass is 429 g/mol. The largest absolute Gasteiger partial charge is 0.457 e. The fourth-order valence-electron chi connectivity index (χ4n) is 3.76. The average Bonchev–Trinajstić information content (AvgIpc) is 3.42. The summed E-state index contributed by atoms with van der Waals surface area (Å²) in [5, 5.41) is 0.786. The topological polar surface area (TPSA) is 49.0 Å². The van der Waals surface area contributed by atoms with Crippen LogP contribution in [0.1, 0.15) is 11.3 Å². The SMILES string of the molecule is Cc1ccc(-c2ccc(C=C3SC(N4CCN(c5ccccc5)CC4)=NC3=O)o2)cc1. The van der Waals surface area contributed by atoms with Gasteiger partial charge in [0.15, 0.2) is 5.17 Å². The average molecular weight is 430 g/mol. The predicted molar refractivity (Wildman–Crippen MR) is 127 cm³/mol. The molecule has 2 aromatic carbocycles. The summed E-state index contributed by atoms with van der Waals surface area (Å²) in [6, 6.07) is 22.5. The van der Waals surface area contributed by atoms with Crippen molar-refractivity contribution in [2.24, 2.45) is 4.99 Å². The first-order chi connectivity index (χ1) is 15.2. The Labute approximate surface area is 186 Å². The molecule has 3 heterocycles. The van der Waals surface area contributed by atoms with Crippen LogP contribution in [0, 0.1) is 6.92 Å². The molecule has 3 aromatic rings. The molecule has 0 saturated carbocycles. The summed E-state index contributed by atoms with van der Waals surface area (Å²) < 4.78 is 5.95. The summed E-state index contributed by atoms with van der Waals surface area (Å²) in [4.78, 5) is 21.9. The number of aliphatic imine (C=N–C) groups is 1. The second-order valence-corrected chi connectivity index (χ2v) is 8.70. The van der Waals surface area contributed by atoms with Crippen molar-refractivity contribution in [2.75, 3.05) is 31.1 Å². The Bertz CT molecular complexity index is 1140. The van der Waals surface area contributed by atoms with Gasteiger partial charge in [-0.2, -0.15) is 4.99 Å². The summed E-state index contributed by atoms with van der Waals surface area (Å²) in [5.74, 6) is 1.26. The van der Waals surface area contributed by atoms with Crippen LogP contribution in [-0.2, 0) is 4.79 Å². The number of benzene rings is 2. The number of nitrogens with zero attached hydrogens (tertiary/aromatic N) is 3. The maximum absolute atomic E-state index is 12.5. The van der Waals surface area contributed by atoms with E-state index in [9.17, 15) is 4.79 Å².